The lowest BCUT2D eigenvalue weighted by molar-refractivity contribution is -0.384. The fourth-order valence-electron chi connectivity index (χ4n) is 2.01. The monoisotopic (exact) mass is 298 g/mol. The highest BCUT2D eigenvalue weighted by Gasteiger charge is 2.45. The first-order valence-electron chi connectivity index (χ1n) is 5.85. The number of nitrogens with zero attached hydrogens (tertiary/aromatic N) is 1. The summed E-state index contributed by atoms with van der Waals surface area (Å²) in [7, 11) is 0. The van der Waals surface area contributed by atoms with Crippen LogP contribution in [0.4, 0.5) is 5.69 Å². The molecule has 1 aromatic carbocycles. The van der Waals surface area contributed by atoms with Crippen LogP contribution in [0, 0.1) is 10.1 Å². The van der Waals surface area contributed by atoms with E-state index < -0.39 is 22.3 Å². The number of amides is 1. The number of nitro benzene ring substituents is 1. The summed E-state index contributed by atoms with van der Waals surface area (Å²) in [5.41, 5.74) is -1.46. The Morgan fingerprint density at radius 2 is 2.05 bits per heavy atom. The van der Waals surface area contributed by atoms with Crippen LogP contribution in [0.3, 0.4) is 0 Å². The molecule has 1 aliphatic carbocycles. The summed E-state index contributed by atoms with van der Waals surface area (Å²) >= 11 is 5.83. The third kappa shape index (κ3) is 2.44. The minimum Gasteiger partial charge on any atom is -0.480 e. The van der Waals surface area contributed by atoms with Crippen molar-refractivity contribution in [3.63, 3.8) is 0 Å². The Hall–Kier alpha value is -2.15. The number of hydrogen-bond acceptors (Lipinski definition) is 4. The van der Waals surface area contributed by atoms with Crippen molar-refractivity contribution >= 4 is 29.2 Å². The molecular formula is C12H11ClN2O5. The van der Waals surface area contributed by atoms with E-state index in [2.05, 4.69) is 5.32 Å². The normalized spacial score (nSPS) is 16.1. The van der Waals surface area contributed by atoms with Crippen molar-refractivity contribution in [1.82, 2.24) is 5.32 Å². The quantitative estimate of drug-likeness (QED) is 0.652. The summed E-state index contributed by atoms with van der Waals surface area (Å²) < 4.78 is 0. The molecule has 7 nitrogen and oxygen atoms in total. The highest BCUT2D eigenvalue weighted by molar-refractivity contribution is 6.34. The maximum Gasteiger partial charge on any atom is 0.329 e. The predicted molar refractivity (Wildman–Crippen MR) is 69.8 cm³/mol. The number of carboxylic acids is 1. The Morgan fingerprint density at radius 1 is 1.40 bits per heavy atom. The average molecular weight is 299 g/mol. The van der Waals surface area contributed by atoms with E-state index in [0.29, 0.717) is 12.8 Å². The lowest BCUT2D eigenvalue weighted by Crippen LogP contribution is -2.59. The Balaban J connectivity index is 2.22. The van der Waals surface area contributed by atoms with Gasteiger partial charge >= 0.3 is 5.97 Å². The van der Waals surface area contributed by atoms with Crippen LogP contribution in [-0.2, 0) is 4.79 Å². The van der Waals surface area contributed by atoms with Crippen LogP contribution < -0.4 is 5.32 Å². The summed E-state index contributed by atoms with van der Waals surface area (Å²) in [6.45, 7) is 0. The summed E-state index contributed by atoms with van der Waals surface area (Å²) in [6.07, 6.45) is 1.44. The molecule has 1 saturated carbocycles. The molecule has 2 N–H and O–H groups in total. The number of non-ortho nitro benzene ring substituents is 1. The van der Waals surface area contributed by atoms with Gasteiger partial charge in [-0.25, -0.2) is 4.79 Å². The Kier molecular flexibility index (Phi) is 3.63. The molecule has 0 bridgehead atoms. The van der Waals surface area contributed by atoms with E-state index in [1.807, 2.05) is 0 Å². The molecule has 1 fully saturated rings. The van der Waals surface area contributed by atoms with E-state index in [9.17, 15) is 19.7 Å². The number of aliphatic carboxylic acids is 1. The molecule has 2 rings (SSSR count). The van der Waals surface area contributed by atoms with Gasteiger partial charge in [0.25, 0.3) is 11.6 Å². The maximum atomic E-state index is 12.0. The van der Waals surface area contributed by atoms with Gasteiger partial charge in [-0.2, -0.15) is 0 Å². The molecule has 0 unspecified atom stereocenters. The van der Waals surface area contributed by atoms with E-state index in [4.69, 9.17) is 16.7 Å². The number of nitro groups is 1. The fraction of sp³-hybridized carbons (Fsp3) is 0.333. The van der Waals surface area contributed by atoms with Crippen molar-refractivity contribution in [1.29, 1.82) is 0 Å². The number of carbonyl (C=O) groups is 2. The molecule has 20 heavy (non-hydrogen) atoms. The summed E-state index contributed by atoms with van der Waals surface area (Å²) in [5.74, 6) is -1.73. The lowest BCUT2D eigenvalue weighted by Gasteiger charge is -2.38. The van der Waals surface area contributed by atoms with E-state index in [0.717, 1.165) is 18.6 Å². The second-order valence-corrected chi connectivity index (χ2v) is 5.02. The van der Waals surface area contributed by atoms with E-state index in [-0.39, 0.29) is 16.3 Å². The molecule has 0 spiro atoms. The third-order valence-electron chi connectivity index (χ3n) is 3.38. The minimum atomic E-state index is -1.25. The van der Waals surface area contributed by atoms with Gasteiger partial charge in [-0.3, -0.25) is 14.9 Å². The maximum absolute atomic E-state index is 12.0. The smallest absolute Gasteiger partial charge is 0.329 e. The standard InChI is InChI=1S/C12H11ClN2O5/c13-9-6-7(15(19)20)2-3-8(9)10(16)14-12(11(17)18)4-1-5-12/h2-3,6H,1,4-5H2,(H,14,16)(H,17,18). The number of hydrogen-bond donors (Lipinski definition) is 2. The van der Waals surface area contributed by atoms with Crippen LogP contribution in [0.5, 0.6) is 0 Å². The van der Waals surface area contributed by atoms with Crippen molar-refractivity contribution in [2.45, 2.75) is 24.8 Å². The van der Waals surface area contributed by atoms with Gasteiger partial charge in [0.2, 0.25) is 0 Å². The minimum absolute atomic E-state index is 0.0183. The first kappa shape index (κ1) is 14.3. The largest absolute Gasteiger partial charge is 0.480 e. The topological polar surface area (TPSA) is 110 Å². The Morgan fingerprint density at radius 3 is 2.45 bits per heavy atom. The fourth-order valence-corrected chi connectivity index (χ4v) is 2.27. The number of carbonyl (C=O) groups excluding carboxylic acids is 1. The second-order valence-electron chi connectivity index (χ2n) is 4.62. The van der Waals surface area contributed by atoms with Crippen LogP contribution in [0.2, 0.25) is 5.02 Å². The summed E-state index contributed by atoms with van der Waals surface area (Å²) in [4.78, 5) is 33.1. The van der Waals surface area contributed by atoms with Crippen LogP contribution in [-0.4, -0.2) is 27.4 Å². The van der Waals surface area contributed by atoms with Crippen molar-refractivity contribution in [3.8, 4) is 0 Å². The number of carboxylic acid groups (broad SMARTS) is 1. The second kappa shape index (κ2) is 5.09. The molecule has 1 amide bonds. The zero-order chi connectivity index (χ0) is 14.9. The molecule has 0 heterocycles. The Labute approximate surface area is 118 Å². The molecular weight excluding hydrogens is 288 g/mol. The van der Waals surface area contributed by atoms with Gasteiger partial charge in [-0.1, -0.05) is 11.6 Å². The summed E-state index contributed by atoms with van der Waals surface area (Å²) in [6, 6.07) is 3.42. The highest BCUT2D eigenvalue weighted by atomic mass is 35.5. The van der Waals surface area contributed by atoms with E-state index in [1.165, 1.54) is 6.07 Å². The molecule has 0 radical (unpaired) electrons. The average Bonchev–Trinajstić information content (AvgIpc) is 2.32. The van der Waals surface area contributed by atoms with Crippen LogP contribution >= 0.6 is 11.6 Å². The highest BCUT2D eigenvalue weighted by Crippen LogP contribution is 2.33. The third-order valence-corrected chi connectivity index (χ3v) is 3.69. The molecule has 0 aliphatic heterocycles. The van der Waals surface area contributed by atoms with Crippen molar-refractivity contribution < 1.29 is 19.6 Å². The molecule has 0 aromatic heterocycles. The van der Waals surface area contributed by atoms with E-state index in [1.54, 1.807) is 0 Å². The molecule has 0 saturated heterocycles. The predicted octanol–water partition coefficient (Wildman–Crippen LogP) is 1.99. The lowest BCUT2D eigenvalue weighted by atomic mass is 9.76. The first-order chi connectivity index (χ1) is 9.35. The molecule has 106 valence electrons. The van der Waals surface area contributed by atoms with Gasteiger partial charge < -0.3 is 10.4 Å². The zero-order valence-electron chi connectivity index (χ0n) is 10.3. The van der Waals surface area contributed by atoms with Gasteiger partial charge in [0.1, 0.15) is 5.54 Å². The number of rotatable bonds is 4. The summed E-state index contributed by atoms with van der Waals surface area (Å²) in [5, 5.41) is 22.1. The van der Waals surface area contributed by atoms with Gasteiger partial charge in [-0.15, -0.1) is 0 Å². The SMILES string of the molecule is O=C(NC1(C(=O)O)CCC1)c1ccc([N+](=O)[O-])cc1Cl. The van der Waals surface area contributed by atoms with Gasteiger partial charge in [-0.05, 0) is 25.3 Å². The van der Waals surface area contributed by atoms with E-state index >= 15 is 0 Å². The Bertz CT molecular complexity index is 598. The molecule has 8 heteroatoms. The van der Waals surface area contributed by atoms with Gasteiger partial charge in [0, 0.05) is 12.1 Å². The van der Waals surface area contributed by atoms with Crippen molar-refractivity contribution in [2.75, 3.05) is 0 Å². The molecule has 0 atom stereocenters. The number of nitrogens with one attached hydrogen (secondary N) is 1. The van der Waals surface area contributed by atoms with Gasteiger partial charge in [0.05, 0.1) is 15.5 Å². The van der Waals surface area contributed by atoms with Crippen LogP contribution in [0.25, 0.3) is 0 Å². The van der Waals surface area contributed by atoms with Gasteiger partial charge in [0.15, 0.2) is 0 Å². The van der Waals surface area contributed by atoms with Crippen LogP contribution in [0.1, 0.15) is 29.6 Å². The number of halogens is 1. The van der Waals surface area contributed by atoms with Crippen molar-refractivity contribution in [2.24, 2.45) is 0 Å². The first-order valence-corrected chi connectivity index (χ1v) is 6.23. The molecule has 1 aliphatic rings. The van der Waals surface area contributed by atoms with Crippen LogP contribution in [0.15, 0.2) is 18.2 Å². The number of benzene rings is 1. The molecule has 1 aromatic rings. The van der Waals surface area contributed by atoms with Crippen molar-refractivity contribution in [3.05, 3.63) is 38.9 Å². The zero-order valence-corrected chi connectivity index (χ0v) is 11.0.